The molecule has 0 aromatic heterocycles. The summed E-state index contributed by atoms with van der Waals surface area (Å²) in [6.45, 7) is 1.48. The fraction of sp³-hybridized carbons (Fsp3) is 0.417. The number of benzene rings is 1. The second-order valence-electron chi connectivity index (χ2n) is 3.86. The Morgan fingerprint density at radius 1 is 1.50 bits per heavy atom. The van der Waals surface area contributed by atoms with Gasteiger partial charge in [-0.05, 0) is 34.0 Å². The first-order chi connectivity index (χ1) is 8.47. The maximum absolute atomic E-state index is 13.5. The first kappa shape index (κ1) is 15.8. The van der Waals surface area contributed by atoms with Crippen LogP contribution >= 0.6 is 31.9 Å². The number of aliphatic hydroxyl groups is 2. The summed E-state index contributed by atoms with van der Waals surface area (Å²) in [5.41, 5.74) is 0.380. The molecule has 1 aromatic rings. The van der Waals surface area contributed by atoms with Crippen molar-refractivity contribution in [1.29, 1.82) is 0 Å². The Balaban J connectivity index is 3.43. The van der Waals surface area contributed by atoms with Gasteiger partial charge in [0.2, 0.25) is 0 Å². The number of aliphatic hydroxyl groups excluding tert-OH is 2. The summed E-state index contributed by atoms with van der Waals surface area (Å²) in [6, 6.07) is 1.16. The van der Waals surface area contributed by atoms with Crippen LogP contribution in [0.1, 0.15) is 35.2 Å². The maximum atomic E-state index is 13.5. The molecule has 0 bridgehead atoms. The molecule has 0 aliphatic heterocycles. The van der Waals surface area contributed by atoms with E-state index in [0.717, 1.165) is 6.07 Å². The fourth-order valence-corrected chi connectivity index (χ4v) is 3.51. The highest BCUT2D eigenvalue weighted by Crippen LogP contribution is 2.37. The molecule has 0 heterocycles. The molecule has 0 saturated heterocycles. The molecule has 0 amide bonds. The lowest BCUT2D eigenvalue weighted by atomic mass is 9.91. The smallest absolute Gasteiger partial charge is 0.154 e. The van der Waals surface area contributed by atoms with Crippen molar-refractivity contribution in [3.63, 3.8) is 0 Å². The van der Waals surface area contributed by atoms with Crippen molar-refractivity contribution in [1.82, 2.24) is 0 Å². The van der Waals surface area contributed by atoms with E-state index < -0.39 is 17.8 Å². The Hall–Kier alpha value is -0.300. The van der Waals surface area contributed by atoms with Gasteiger partial charge in [0, 0.05) is 14.9 Å². The predicted molar refractivity (Wildman–Crippen MR) is 73.3 cm³/mol. The van der Waals surface area contributed by atoms with Gasteiger partial charge in [-0.25, -0.2) is 4.39 Å². The van der Waals surface area contributed by atoms with Crippen LogP contribution in [0.4, 0.5) is 4.39 Å². The topological polar surface area (TPSA) is 57.5 Å². The summed E-state index contributed by atoms with van der Waals surface area (Å²) < 4.78 is 14.2. The summed E-state index contributed by atoms with van der Waals surface area (Å²) in [5.74, 6) is -1.24. The minimum atomic E-state index is -0.771. The minimum Gasteiger partial charge on any atom is -0.396 e. The number of rotatable bonds is 5. The van der Waals surface area contributed by atoms with Gasteiger partial charge in [-0.15, -0.1) is 0 Å². The largest absolute Gasteiger partial charge is 0.396 e. The van der Waals surface area contributed by atoms with Gasteiger partial charge in [0.1, 0.15) is 5.82 Å². The van der Waals surface area contributed by atoms with E-state index in [-0.39, 0.29) is 16.6 Å². The van der Waals surface area contributed by atoms with Crippen molar-refractivity contribution in [3.8, 4) is 0 Å². The molecule has 0 aliphatic carbocycles. The Bertz CT molecular complexity index is 451. The number of halogens is 3. The summed E-state index contributed by atoms with van der Waals surface area (Å²) >= 11 is 6.35. The van der Waals surface area contributed by atoms with Gasteiger partial charge in [-0.3, -0.25) is 4.79 Å². The third-order valence-electron chi connectivity index (χ3n) is 2.81. The van der Waals surface area contributed by atoms with Gasteiger partial charge < -0.3 is 10.2 Å². The van der Waals surface area contributed by atoms with E-state index in [4.69, 9.17) is 0 Å². The highest BCUT2D eigenvalue weighted by molar-refractivity contribution is 9.11. The average Bonchev–Trinajstić information content (AvgIpc) is 2.33. The monoisotopic (exact) mass is 382 g/mol. The van der Waals surface area contributed by atoms with Crippen LogP contribution in [0, 0.1) is 5.82 Å². The molecule has 2 N–H and O–H groups in total. The third kappa shape index (κ3) is 2.99. The second kappa shape index (κ2) is 6.75. The van der Waals surface area contributed by atoms with Crippen molar-refractivity contribution in [2.75, 3.05) is 6.61 Å². The lowest BCUT2D eigenvalue weighted by Crippen LogP contribution is -2.22. The maximum Gasteiger partial charge on any atom is 0.154 e. The van der Waals surface area contributed by atoms with E-state index in [0.29, 0.717) is 22.7 Å². The zero-order valence-corrected chi connectivity index (χ0v) is 12.8. The summed E-state index contributed by atoms with van der Waals surface area (Å²) in [4.78, 5) is 10.9. The zero-order chi connectivity index (χ0) is 13.9. The van der Waals surface area contributed by atoms with E-state index in [1.807, 2.05) is 0 Å². The van der Waals surface area contributed by atoms with Crippen molar-refractivity contribution >= 4 is 38.1 Å². The summed E-state index contributed by atoms with van der Waals surface area (Å²) in [6.07, 6.45) is 0.0765. The van der Waals surface area contributed by atoms with Crippen LogP contribution in [-0.2, 0) is 0 Å². The zero-order valence-electron chi connectivity index (χ0n) is 9.66. The van der Waals surface area contributed by atoms with Crippen LogP contribution < -0.4 is 0 Å². The van der Waals surface area contributed by atoms with E-state index in [2.05, 4.69) is 31.9 Å². The summed E-state index contributed by atoms with van der Waals surface area (Å²) in [7, 11) is 0. The SMILES string of the molecule is CCC(O)C(CO)c1c(Br)cc(F)c(C=O)c1Br. The van der Waals surface area contributed by atoms with Gasteiger partial charge in [-0.2, -0.15) is 0 Å². The third-order valence-corrected chi connectivity index (χ3v) is 4.32. The molecule has 1 rings (SSSR count). The predicted octanol–water partition coefficient (Wildman–Crippen LogP) is 3.01. The molecule has 2 atom stereocenters. The fourth-order valence-electron chi connectivity index (χ4n) is 1.76. The lowest BCUT2D eigenvalue weighted by Gasteiger charge is -2.23. The number of carbonyl (C=O) groups excluding carboxylic acids is 1. The minimum absolute atomic E-state index is 0.116. The molecule has 0 fully saturated rings. The van der Waals surface area contributed by atoms with Crippen LogP contribution in [0.15, 0.2) is 15.0 Å². The molecule has 0 spiro atoms. The highest BCUT2D eigenvalue weighted by atomic mass is 79.9. The molecular weight excluding hydrogens is 371 g/mol. The van der Waals surface area contributed by atoms with Gasteiger partial charge in [0.15, 0.2) is 6.29 Å². The molecular formula is C12H13Br2FO3. The average molecular weight is 384 g/mol. The Morgan fingerprint density at radius 3 is 2.56 bits per heavy atom. The van der Waals surface area contributed by atoms with E-state index in [1.165, 1.54) is 0 Å². The molecule has 3 nitrogen and oxygen atoms in total. The van der Waals surface area contributed by atoms with Crippen molar-refractivity contribution in [3.05, 3.63) is 32.0 Å². The van der Waals surface area contributed by atoms with Crippen molar-refractivity contribution in [2.24, 2.45) is 0 Å². The first-order valence-corrected chi connectivity index (χ1v) is 6.97. The number of aldehydes is 1. The Labute approximate surface area is 121 Å². The van der Waals surface area contributed by atoms with Crippen LogP contribution in [0.5, 0.6) is 0 Å². The quantitative estimate of drug-likeness (QED) is 0.768. The standard InChI is InChI=1S/C12H13Br2FO3/c1-2-10(18)7(5-17)11-8(13)3-9(15)6(4-16)12(11)14/h3-4,7,10,17-18H,2,5H2,1H3. The molecule has 18 heavy (non-hydrogen) atoms. The van der Waals surface area contributed by atoms with E-state index >= 15 is 0 Å². The molecule has 100 valence electrons. The van der Waals surface area contributed by atoms with Gasteiger partial charge in [0.25, 0.3) is 0 Å². The van der Waals surface area contributed by atoms with Crippen LogP contribution in [0.25, 0.3) is 0 Å². The first-order valence-electron chi connectivity index (χ1n) is 5.39. The van der Waals surface area contributed by atoms with Crippen LogP contribution in [0.3, 0.4) is 0 Å². The number of carbonyl (C=O) groups is 1. The number of hydrogen-bond donors (Lipinski definition) is 2. The molecule has 0 radical (unpaired) electrons. The molecule has 0 saturated carbocycles. The Kier molecular flexibility index (Phi) is 5.91. The molecule has 0 aliphatic rings. The number of hydrogen-bond acceptors (Lipinski definition) is 3. The molecule has 1 aromatic carbocycles. The van der Waals surface area contributed by atoms with Gasteiger partial charge in [0.05, 0.1) is 18.3 Å². The van der Waals surface area contributed by atoms with Crippen molar-refractivity contribution < 1.29 is 19.4 Å². The summed E-state index contributed by atoms with van der Waals surface area (Å²) in [5, 5.41) is 19.2. The normalized spacial score (nSPS) is 14.3. The van der Waals surface area contributed by atoms with Crippen LogP contribution in [-0.4, -0.2) is 29.2 Å². The second-order valence-corrected chi connectivity index (χ2v) is 5.51. The van der Waals surface area contributed by atoms with Crippen molar-refractivity contribution in [2.45, 2.75) is 25.4 Å². The Morgan fingerprint density at radius 2 is 2.11 bits per heavy atom. The van der Waals surface area contributed by atoms with Gasteiger partial charge >= 0.3 is 0 Å². The molecule has 2 unspecified atom stereocenters. The van der Waals surface area contributed by atoms with Gasteiger partial charge in [-0.1, -0.05) is 22.9 Å². The lowest BCUT2D eigenvalue weighted by molar-refractivity contribution is 0.102. The van der Waals surface area contributed by atoms with Crippen LogP contribution in [0.2, 0.25) is 0 Å². The highest BCUT2D eigenvalue weighted by Gasteiger charge is 2.26. The van der Waals surface area contributed by atoms with E-state index in [9.17, 15) is 19.4 Å². The van der Waals surface area contributed by atoms with E-state index in [1.54, 1.807) is 6.92 Å². The molecule has 6 heteroatoms.